The molecule has 1 fully saturated rings. The third-order valence-electron chi connectivity index (χ3n) is 4.00. The zero-order chi connectivity index (χ0) is 12.5. The van der Waals surface area contributed by atoms with Gasteiger partial charge in [-0.05, 0) is 31.1 Å². The number of halogens is 1. The predicted octanol–water partition coefficient (Wildman–Crippen LogP) is 2.92. The molecule has 96 valence electrons. The van der Waals surface area contributed by atoms with Crippen molar-refractivity contribution >= 4 is 11.6 Å². The molecular weight excluding hydrogens is 234 g/mol. The Morgan fingerprint density at radius 1 is 1.41 bits per heavy atom. The average molecular weight is 256 g/mol. The predicted molar refractivity (Wildman–Crippen MR) is 71.3 cm³/mol. The van der Waals surface area contributed by atoms with Crippen LogP contribution in [0.1, 0.15) is 44.5 Å². The van der Waals surface area contributed by atoms with E-state index in [0.29, 0.717) is 5.41 Å². The van der Waals surface area contributed by atoms with Gasteiger partial charge in [0.05, 0.1) is 16.4 Å². The van der Waals surface area contributed by atoms with E-state index in [0.717, 1.165) is 35.9 Å². The molecule has 0 amide bonds. The Morgan fingerprint density at radius 3 is 2.59 bits per heavy atom. The van der Waals surface area contributed by atoms with Crippen molar-refractivity contribution in [1.82, 2.24) is 15.1 Å². The molecule has 1 N–H and O–H groups in total. The maximum absolute atomic E-state index is 6.31. The highest BCUT2D eigenvalue weighted by atomic mass is 35.5. The molecule has 1 aromatic rings. The lowest BCUT2D eigenvalue weighted by Crippen LogP contribution is -2.24. The second kappa shape index (κ2) is 4.99. The lowest BCUT2D eigenvalue weighted by atomic mass is 10.0. The zero-order valence-corrected chi connectivity index (χ0v) is 11.8. The minimum absolute atomic E-state index is 0.582. The van der Waals surface area contributed by atoms with E-state index in [-0.39, 0.29) is 0 Å². The Morgan fingerprint density at radius 2 is 2.12 bits per heavy atom. The molecule has 0 aromatic carbocycles. The summed E-state index contributed by atoms with van der Waals surface area (Å²) in [6, 6.07) is 0. The normalized spacial score (nSPS) is 17.4. The van der Waals surface area contributed by atoms with E-state index in [2.05, 4.69) is 24.3 Å². The summed E-state index contributed by atoms with van der Waals surface area (Å²) in [6.45, 7) is 6.29. The molecule has 4 heteroatoms. The van der Waals surface area contributed by atoms with Gasteiger partial charge in [0.1, 0.15) is 0 Å². The fraction of sp³-hybridized carbons (Fsp3) is 0.769. The van der Waals surface area contributed by atoms with Crippen molar-refractivity contribution in [3.05, 3.63) is 16.4 Å². The van der Waals surface area contributed by atoms with Gasteiger partial charge in [-0.25, -0.2) is 0 Å². The highest BCUT2D eigenvalue weighted by molar-refractivity contribution is 6.31. The van der Waals surface area contributed by atoms with Crippen LogP contribution in [0.2, 0.25) is 5.02 Å². The van der Waals surface area contributed by atoms with Gasteiger partial charge in [-0.1, -0.05) is 25.4 Å². The molecule has 0 radical (unpaired) electrons. The van der Waals surface area contributed by atoms with Crippen LogP contribution in [0.15, 0.2) is 0 Å². The summed E-state index contributed by atoms with van der Waals surface area (Å²) in [5.41, 5.74) is 2.69. The van der Waals surface area contributed by atoms with Crippen LogP contribution >= 0.6 is 11.6 Å². The molecule has 1 saturated carbocycles. The Bertz CT molecular complexity index is 394. The van der Waals surface area contributed by atoms with E-state index in [9.17, 15) is 0 Å². The molecule has 0 spiro atoms. The van der Waals surface area contributed by atoms with Gasteiger partial charge in [-0.3, -0.25) is 4.68 Å². The third kappa shape index (κ3) is 2.66. The number of aryl methyl sites for hydroxylation is 2. The smallest absolute Gasteiger partial charge is 0.0863 e. The topological polar surface area (TPSA) is 29.9 Å². The van der Waals surface area contributed by atoms with Crippen molar-refractivity contribution in [2.45, 2.75) is 46.1 Å². The Hall–Kier alpha value is -0.540. The van der Waals surface area contributed by atoms with E-state index < -0.39 is 0 Å². The first-order valence-corrected chi connectivity index (χ1v) is 6.90. The van der Waals surface area contributed by atoms with Gasteiger partial charge < -0.3 is 5.32 Å². The van der Waals surface area contributed by atoms with Gasteiger partial charge in [-0.15, -0.1) is 0 Å². The summed E-state index contributed by atoms with van der Waals surface area (Å²) in [5, 5.41) is 8.79. The van der Waals surface area contributed by atoms with E-state index in [1.165, 1.54) is 19.3 Å². The molecule has 1 heterocycles. The van der Waals surface area contributed by atoms with Crippen molar-refractivity contribution in [3.8, 4) is 0 Å². The third-order valence-corrected chi connectivity index (χ3v) is 4.44. The molecule has 1 aliphatic carbocycles. The van der Waals surface area contributed by atoms with Crippen molar-refractivity contribution in [1.29, 1.82) is 0 Å². The summed E-state index contributed by atoms with van der Waals surface area (Å²) in [4.78, 5) is 0. The Kier molecular flexibility index (Phi) is 3.79. The zero-order valence-electron chi connectivity index (χ0n) is 11.0. The van der Waals surface area contributed by atoms with Crippen molar-refractivity contribution in [2.24, 2.45) is 12.5 Å². The van der Waals surface area contributed by atoms with Crippen molar-refractivity contribution in [2.75, 3.05) is 6.54 Å². The largest absolute Gasteiger partial charge is 0.311 e. The maximum Gasteiger partial charge on any atom is 0.0863 e. The highest BCUT2D eigenvalue weighted by Gasteiger charge is 2.39. The van der Waals surface area contributed by atoms with Crippen molar-refractivity contribution < 1.29 is 0 Å². The minimum Gasteiger partial charge on any atom is -0.311 e. The number of rotatable bonds is 6. The van der Waals surface area contributed by atoms with Gasteiger partial charge in [0.2, 0.25) is 0 Å². The molecule has 0 atom stereocenters. The molecule has 2 rings (SSSR count). The maximum atomic E-state index is 6.31. The molecule has 17 heavy (non-hydrogen) atoms. The van der Waals surface area contributed by atoms with Crippen LogP contribution in [0.25, 0.3) is 0 Å². The molecule has 3 nitrogen and oxygen atoms in total. The molecule has 0 unspecified atom stereocenters. The van der Waals surface area contributed by atoms with Crippen LogP contribution < -0.4 is 5.32 Å². The summed E-state index contributed by atoms with van der Waals surface area (Å²) < 4.78 is 1.90. The van der Waals surface area contributed by atoms with Gasteiger partial charge in [0.15, 0.2) is 0 Å². The van der Waals surface area contributed by atoms with Gasteiger partial charge >= 0.3 is 0 Å². The summed E-state index contributed by atoms with van der Waals surface area (Å²) in [7, 11) is 1.97. The number of aromatic nitrogens is 2. The fourth-order valence-electron chi connectivity index (χ4n) is 2.29. The lowest BCUT2D eigenvalue weighted by molar-refractivity contribution is 0.438. The lowest BCUT2D eigenvalue weighted by Gasteiger charge is -2.13. The first-order chi connectivity index (χ1) is 8.12. The van der Waals surface area contributed by atoms with Crippen LogP contribution in [0, 0.1) is 5.41 Å². The molecule has 1 aliphatic rings. The number of nitrogens with one attached hydrogen (secondary N) is 1. The summed E-state index contributed by atoms with van der Waals surface area (Å²) >= 11 is 6.31. The van der Waals surface area contributed by atoms with E-state index in [1.54, 1.807) is 0 Å². The van der Waals surface area contributed by atoms with Crippen LogP contribution in [0.3, 0.4) is 0 Å². The molecule has 0 bridgehead atoms. The van der Waals surface area contributed by atoms with Gasteiger partial charge in [-0.2, -0.15) is 5.10 Å². The molecule has 0 aliphatic heterocycles. The fourth-order valence-corrected chi connectivity index (χ4v) is 2.65. The minimum atomic E-state index is 0.582. The Labute approximate surface area is 109 Å². The first-order valence-electron chi connectivity index (χ1n) is 6.53. The van der Waals surface area contributed by atoms with Crippen LogP contribution in [0.5, 0.6) is 0 Å². The van der Waals surface area contributed by atoms with Crippen LogP contribution in [0.4, 0.5) is 0 Å². The standard InChI is InChI=1S/C13H22ClN3/c1-4-10-12(14)11(17(3)16-10)8-15-9-13(5-2)6-7-13/h15H,4-9H2,1-3H3. The summed E-state index contributed by atoms with van der Waals surface area (Å²) in [5.74, 6) is 0. The molecule has 1 aromatic heterocycles. The highest BCUT2D eigenvalue weighted by Crippen LogP contribution is 2.47. The van der Waals surface area contributed by atoms with E-state index in [4.69, 9.17) is 11.6 Å². The number of nitrogens with zero attached hydrogens (tertiary/aromatic N) is 2. The summed E-state index contributed by atoms with van der Waals surface area (Å²) in [6.07, 6.45) is 4.91. The second-order valence-electron chi connectivity index (χ2n) is 5.14. The van der Waals surface area contributed by atoms with Crippen LogP contribution in [-0.2, 0) is 20.0 Å². The van der Waals surface area contributed by atoms with Crippen LogP contribution in [-0.4, -0.2) is 16.3 Å². The van der Waals surface area contributed by atoms with Gasteiger partial charge in [0.25, 0.3) is 0 Å². The van der Waals surface area contributed by atoms with Crippen molar-refractivity contribution in [3.63, 3.8) is 0 Å². The Balaban J connectivity index is 1.92. The van der Waals surface area contributed by atoms with E-state index >= 15 is 0 Å². The van der Waals surface area contributed by atoms with E-state index in [1.807, 2.05) is 11.7 Å². The average Bonchev–Trinajstić information content (AvgIpc) is 3.05. The number of hydrogen-bond donors (Lipinski definition) is 1. The second-order valence-corrected chi connectivity index (χ2v) is 5.52. The SMILES string of the molecule is CCc1nn(C)c(CNCC2(CC)CC2)c1Cl. The monoisotopic (exact) mass is 255 g/mol. The number of hydrogen-bond acceptors (Lipinski definition) is 2. The molecule has 0 saturated heterocycles. The quantitative estimate of drug-likeness (QED) is 0.847. The molecular formula is C13H22ClN3. The van der Waals surface area contributed by atoms with Gasteiger partial charge in [0, 0.05) is 20.1 Å². The first kappa shape index (κ1) is 12.9.